The van der Waals surface area contributed by atoms with E-state index >= 15 is 0 Å². The van der Waals surface area contributed by atoms with E-state index in [1.54, 1.807) is 24.4 Å². The molecule has 1 aromatic heterocycles. The fraction of sp³-hybridized carbons (Fsp3) is 0.350. The molecule has 3 heterocycles. The highest BCUT2D eigenvalue weighted by Gasteiger charge is 2.44. The summed E-state index contributed by atoms with van der Waals surface area (Å²) in [5.74, 6) is -1.26. The van der Waals surface area contributed by atoms with Gasteiger partial charge in [0.2, 0.25) is 5.91 Å². The summed E-state index contributed by atoms with van der Waals surface area (Å²) in [6.45, 7) is 2.26. The van der Waals surface area contributed by atoms with Crippen molar-refractivity contribution in [1.82, 2.24) is 31.2 Å². The Morgan fingerprint density at radius 2 is 2.03 bits per heavy atom. The van der Waals surface area contributed by atoms with Crippen molar-refractivity contribution in [3.05, 3.63) is 65.7 Å². The number of imide groups is 1. The number of benzene rings is 1. The summed E-state index contributed by atoms with van der Waals surface area (Å²) in [5.41, 5.74) is 1.19. The fourth-order valence-electron chi connectivity index (χ4n) is 3.62. The molecule has 0 aliphatic carbocycles. The maximum Gasteiger partial charge on any atom is 0.325 e. The summed E-state index contributed by atoms with van der Waals surface area (Å²) in [6, 6.07) is 11.3. The number of urea groups is 1. The van der Waals surface area contributed by atoms with Crippen LogP contribution in [0, 0.1) is 11.7 Å². The quantitative estimate of drug-likeness (QED) is 0.601. The molecule has 4 unspecified atom stereocenters. The second-order valence-corrected chi connectivity index (χ2v) is 7.20. The molecule has 2 fully saturated rings. The van der Waals surface area contributed by atoms with Crippen molar-refractivity contribution in [3.8, 4) is 0 Å². The topological polar surface area (TPSA) is 98.4 Å². The third-order valence-corrected chi connectivity index (χ3v) is 5.23. The molecule has 4 rings (SSSR count). The number of carbonyl (C=O) groups is 2. The molecule has 2 aliphatic heterocycles. The van der Waals surface area contributed by atoms with Gasteiger partial charge in [-0.25, -0.2) is 9.18 Å². The number of nitrogens with zero attached hydrogens (tertiary/aromatic N) is 2. The molecule has 0 radical (unpaired) electrons. The molecule has 2 aromatic rings. The summed E-state index contributed by atoms with van der Waals surface area (Å²) in [6.07, 6.45) is 0.913. The van der Waals surface area contributed by atoms with Gasteiger partial charge >= 0.3 is 6.03 Å². The molecule has 8 nitrogen and oxygen atoms in total. The molecule has 152 valence electrons. The van der Waals surface area contributed by atoms with Gasteiger partial charge in [0.15, 0.2) is 0 Å². The third-order valence-electron chi connectivity index (χ3n) is 5.23. The van der Waals surface area contributed by atoms with Crippen LogP contribution in [0.25, 0.3) is 0 Å². The SMILES string of the molecule is CC(NC1NCC2C(=O)N(Cc3ccccc3F)C(=O)NC2N1)c1ccccn1. The van der Waals surface area contributed by atoms with Crippen molar-refractivity contribution in [1.29, 1.82) is 0 Å². The molecule has 29 heavy (non-hydrogen) atoms. The molecule has 3 amide bonds. The van der Waals surface area contributed by atoms with E-state index in [1.165, 1.54) is 6.07 Å². The zero-order valence-electron chi connectivity index (χ0n) is 15.9. The lowest BCUT2D eigenvalue weighted by atomic mass is 9.99. The Morgan fingerprint density at radius 3 is 2.79 bits per heavy atom. The molecular formula is C20H23FN6O2. The Hall–Kier alpha value is -2.88. The molecule has 0 spiro atoms. The van der Waals surface area contributed by atoms with E-state index in [4.69, 9.17) is 0 Å². The molecule has 2 aliphatic rings. The van der Waals surface area contributed by atoms with Gasteiger partial charge in [0.05, 0.1) is 24.3 Å². The minimum atomic E-state index is -0.537. The number of aromatic nitrogens is 1. The number of hydrogen-bond donors (Lipinski definition) is 4. The van der Waals surface area contributed by atoms with Crippen molar-refractivity contribution in [2.24, 2.45) is 5.92 Å². The number of fused-ring (bicyclic) bond motifs is 1. The smallest absolute Gasteiger partial charge is 0.321 e. The molecule has 0 saturated carbocycles. The molecule has 1 aromatic carbocycles. The van der Waals surface area contributed by atoms with Crippen LogP contribution in [0.2, 0.25) is 0 Å². The van der Waals surface area contributed by atoms with Crippen LogP contribution < -0.4 is 21.3 Å². The van der Waals surface area contributed by atoms with Gasteiger partial charge in [-0.2, -0.15) is 0 Å². The van der Waals surface area contributed by atoms with Crippen LogP contribution in [-0.4, -0.2) is 40.8 Å². The zero-order chi connectivity index (χ0) is 20.4. The van der Waals surface area contributed by atoms with E-state index in [1.807, 2.05) is 25.1 Å². The first-order valence-electron chi connectivity index (χ1n) is 9.54. The van der Waals surface area contributed by atoms with Crippen molar-refractivity contribution >= 4 is 11.9 Å². The summed E-state index contributed by atoms with van der Waals surface area (Å²) < 4.78 is 13.9. The Kier molecular flexibility index (Phi) is 5.52. The number of rotatable bonds is 5. The van der Waals surface area contributed by atoms with E-state index in [0.717, 1.165) is 10.6 Å². The van der Waals surface area contributed by atoms with Gasteiger partial charge in [-0.05, 0) is 25.1 Å². The van der Waals surface area contributed by atoms with Gasteiger partial charge in [-0.3, -0.25) is 30.6 Å². The number of carbonyl (C=O) groups excluding carboxylic acids is 2. The van der Waals surface area contributed by atoms with Crippen molar-refractivity contribution in [2.75, 3.05) is 6.54 Å². The van der Waals surface area contributed by atoms with Crippen LogP contribution in [0.15, 0.2) is 48.7 Å². The number of pyridine rings is 1. The highest BCUT2D eigenvalue weighted by molar-refractivity contribution is 5.98. The minimum absolute atomic E-state index is 0.0368. The summed E-state index contributed by atoms with van der Waals surface area (Å²) in [4.78, 5) is 30.8. The van der Waals surface area contributed by atoms with Crippen LogP contribution in [0.4, 0.5) is 9.18 Å². The van der Waals surface area contributed by atoms with Crippen LogP contribution in [0.1, 0.15) is 24.2 Å². The maximum atomic E-state index is 13.9. The molecule has 9 heteroatoms. The normalized spacial score (nSPS) is 25.3. The second-order valence-electron chi connectivity index (χ2n) is 7.20. The predicted octanol–water partition coefficient (Wildman–Crippen LogP) is 1.04. The van der Waals surface area contributed by atoms with Crippen molar-refractivity contribution in [3.63, 3.8) is 0 Å². The zero-order valence-corrected chi connectivity index (χ0v) is 15.9. The largest absolute Gasteiger partial charge is 0.325 e. The highest BCUT2D eigenvalue weighted by atomic mass is 19.1. The van der Waals surface area contributed by atoms with Gasteiger partial charge in [0.1, 0.15) is 12.1 Å². The molecular weight excluding hydrogens is 375 g/mol. The van der Waals surface area contributed by atoms with Gasteiger partial charge in [-0.1, -0.05) is 24.3 Å². The number of nitrogens with one attached hydrogen (secondary N) is 4. The summed E-state index contributed by atoms with van der Waals surface area (Å²) >= 11 is 0. The Labute approximate surface area is 167 Å². The first-order chi connectivity index (χ1) is 14.0. The van der Waals surface area contributed by atoms with E-state index in [2.05, 4.69) is 26.3 Å². The molecule has 4 N–H and O–H groups in total. The summed E-state index contributed by atoms with van der Waals surface area (Å²) in [5, 5.41) is 12.6. The van der Waals surface area contributed by atoms with E-state index < -0.39 is 23.9 Å². The first kappa shape index (κ1) is 19.4. The second kappa shape index (κ2) is 8.24. The maximum absolute atomic E-state index is 13.9. The lowest BCUT2D eigenvalue weighted by molar-refractivity contribution is -0.137. The molecule has 0 bridgehead atoms. The fourth-order valence-corrected chi connectivity index (χ4v) is 3.62. The monoisotopic (exact) mass is 398 g/mol. The van der Waals surface area contributed by atoms with Gasteiger partial charge in [-0.15, -0.1) is 0 Å². The molecule has 2 saturated heterocycles. The van der Waals surface area contributed by atoms with Crippen molar-refractivity contribution in [2.45, 2.75) is 32.0 Å². The third kappa shape index (κ3) is 4.12. The molecule has 4 atom stereocenters. The first-order valence-corrected chi connectivity index (χ1v) is 9.54. The highest BCUT2D eigenvalue weighted by Crippen LogP contribution is 2.20. The predicted molar refractivity (Wildman–Crippen MR) is 103 cm³/mol. The number of amides is 3. The summed E-state index contributed by atoms with van der Waals surface area (Å²) in [7, 11) is 0. The Morgan fingerprint density at radius 1 is 1.24 bits per heavy atom. The Bertz CT molecular complexity index is 896. The van der Waals surface area contributed by atoms with Crippen LogP contribution in [0.5, 0.6) is 0 Å². The van der Waals surface area contributed by atoms with E-state index in [9.17, 15) is 14.0 Å². The number of halogens is 1. The standard InChI is InChI=1S/C20H23FN6O2/c1-12(16-8-4-5-9-22-16)24-19-23-10-14-17(25-19)26-20(29)27(18(14)28)11-13-6-2-3-7-15(13)21/h2-9,12,14,17,19,23-25H,10-11H2,1H3,(H,26,29). The lowest BCUT2D eigenvalue weighted by Crippen LogP contribution is -2.74. The number of hydrogen-bond acceptors (Lipinski definition) is 6. The van der Waals surface area contributed by atoms with Crippen LogP contribution in [-0.2, 0) is 11.3 Å². The average Bonchev–Trinajstić information content (AvgIpc) is 2.73. The van der Waals surface area contributed by atoms with E-state index in [-0.39, 0.29) is 24.8 Å². The van der Waals surface area contributed by atoms with Crippen LogP contribution in [0.3, 0.4) is 0 Å². The van der Waals surface area contributed by atoms with Gasteiger partial charge < -0.3 is 5.32 Å². The minimum Gasteiger partial charge on any atom is -0.321 e. The van der Waals surface area contributed by atoms with Gasteiger partial charge in [0.25, 0.3) is 0 Å². The van der Waals surface area contributed by atoms with E-state index in [0.29, 0.717) is 12.1 Å². The average molecular weight is 398 g/mol. The lowest BCUT2D eigenvalue weighted by Gasteiger charge is -2.44. The van der Waals surface area contributed by atoms with Gasteiger partial charge in [0, 0.05) is 24.3 Å². The van der Waals surface area contributed by atoms with Crippen LogP contribution >= 0.6 is 0 Å². The Balaban J connectivity index is 1.40. The van der Waals surface area contributed by atoms with Crippen molar-refractivity contribution < 1.29 is 14.0 Å².